The van der Waals surface area contributed by atoms with Crippen molar-refractivity contribution in [2.75, 3.05) is 6.54 Å². The van der Waals surface area contributed by atoms with Gasteiger partial charge in [-0.2, -0.15) is 6.42 Å². The van der Waals surface area contributed by atoms with Gasteiger partial charge in [-0.05, 0) is 40.8 Å². The number of fused-ring (bicyclic) bond motifs is 2. The van der Waals surface area contributed by atoms with Gasteiger partial charge in [-0.1, -0.05) is 42.4 Å². The van der Waals surface area contributed by atoms with Crippen molar-refractivity contribution in [1.82, 2.24) is 15.4 Å². The zero-order valence-corrected chi connectivity index (χ0v) is 18.0. The van der Waals surface area contributed by atoms with Gasteiger partial charge in [0.25, 0.3) is 5.91 Å². The van der Waals surface area contributed by atoms with Crippen LogP contribution in [0.1, 0.15) is 34.1 Å². The summed E-state index contributed by atoms with van der Waals surface area (Å²) in [6.45, 7) is 3.48. The third-order valence-electron chi connectivity index (χ3n) is 6.08. The van der Waals surface area contributed by atoms with Crippen molar-refractivity contribution in [2.24, 2.45) is 0 Å². The van der Waals surface area contributed by atoms with E-state index >= 15 is 0 Å². The molecule has 1 amide bonds. The molecule has 8 heteroatoms. The number of hydrogen-bond acceptors (Lipinski definition) is 6. The Labute approximate surface area is 189 Å². The SMILES string of the molecule is CC1(N2CCc3ccc(CNC(=O)c4noc5ccccc45)cc3C2)[CH-]C(=O)C1=O.[Mn]. The van der Waals surface area contributed by atoms with Gasteiger partial charge in [0.2, 0.25) is 0 Å². The van der Waals surface area contributed by atoms with E-state index in [1.165, 1.54) is 12.0 Å². The van der Waals surface area contributed by atoms with Gasteiger partial charge < -0.3 is 24.3 Å². The van der Waals surface area contributed by atoms with Crippen LogP contribution in [0.4, 0.5) is 0 Å². The third kappa shape index (κ3) is 3.57. The number of amides is 1. The number of Topliss-reactive ketones (excluding diaryl/α,β-unsaturated/α-hetero) is 2. The Morgan fingerprint density at radius 1 is 1.23 bits per heavy atom. The minimum absolute atomic E-state index is 0. The second kappa shape index (κ2) is 7.96. The molecule has 0 saturated heterocycles. The predicted molar refractivity (Wildman–Crippen MR) is 108 cm³/mol. The van der Waals surface area contributed by atoms with E-state index < -0.39 is 11.3 Å². The Morgan fingerprint density at radius 3 is 2.81 bits per heavy atom. The number of nitrogens with one attached hydrogen (secondary N) is 1. The van der Waals surface area contributed by atoms with Gasteiger partial charge in [0.1, 0.15) is 0 Å². The van der Waals surface area contributed by atoms with Crippen LogP contribution in [-0.2, 0) is 46.2 Å². The molecule has 3 aromatic rings. The van der Waals surface area contributed by atoms with Crippen molar-refractivity contribution < 1.29 is 36.0 Å². The Morgan fingerprint density at radius 2 is 2.03 bits per heavy atom. The van der Waals surface area contributed by atoms with Gasteiger partial charge >= 0.3 is 0 Å². The Bertz CT molecular complexity index is 1200. The first kappa shape index (κ1) is 21.3. The van der Waals surface area contributed by atoms with E-state index in [4.69, 9.17) is 4.52 Å². The van der Waals surface area contributed by atoms with E-state index in [9.17, 15) is 14.4 Å². The van der Waals surface area contributed by atoms with Crippen molar-refractivity contribution >= 4 is 28.4 Å². The van der Waals surface area contributed by atoms with Gasteiger partial charge in [-0.15, -0.1) is 0 Å². The second-order valence-corrected chi connectivity index (χ2v) is 7.97. The summed E-state index contributed by atoms with van der Waals surface area (Å²) in [5, 5.41) is 7.46. The molecule has 1 radical (unpaired) electrons. The van der Waals surface area contributed by atoms with Gasteiger partial charge in [0, 0.05) is 36.7 Å². The van der Waals surface area contributed by atoms with Crippen LogP contribution >= 0.6 is 0 Å². The summed E-state index contributed by atoms with van der Waals surface area (Å²) in [4.78, 5) is 38.1. The van der Waals surface area contributed by atoms with Crippen LogP contribution in [0.3, 0.4) is 0 Å². The molecular weight excluding hydrogens is 437 g/mol. The fourth-order valence-corrected chi connectivity index (χ4v) is 4.23. The Hall–Kier alpha value is -2.93. The molecular formula is C23H20MnN3O4-. The van der Waals surface area contributed by atoms with E-state index in [-0.39, 0.29) is 34.5 Å². The standard InChI is InChI=1S/C23H20N3O4.Mn/c1-23(11-18(27)21(23)28)26-9-8-15-7-6-14(10-16(15)13-26)12-24-22(29)20-17-4-2-3-5-19(17)30-25-20;/h2-7,10-11H,8-9,12-13H2,1H3,(H,24,29);/q-1;. The van der Waals surface area contributed by atoms with Crippen LogP contribution in [0.2, 0.25) is 0 Å². The van der Waals surface area contributed by atoms with E-state index in [2.05, 4.69) is 22.6 Å². The van der Waals surface area contributed by atoms with Crippen LogP contribution in [0, 0.1) is 6.42 Å². The third-order valence-corrected chi connectivity index (χ3v) is 6.08. The van der Waals surface area contributed by atoms with Crippen molar-refractivity contribution in [2.45, 2.75) is 32.0 Å². The van der Waals surface area contributed by atoms with Crippen LogP contribution in [0.15, 0.2) is 47.0 Å². The fraction of sp³-hybridized carbons (Fsp3) is 0.261. The smallest absolute Gasteiger partial charge is 0.274 e. The minimum atomic E-state index is -0.799. The number of para-hydroxylation sites is 1. The Kier molecular flexibility index (Phi) is 5.47. The monoisotopic (exact) mass is 457 g/mol. The van der Waals surface area contributed by atoms with E-state index in [0.29, 0.717) is 24.1 Å². The molecule has 1 saturated carbocycles. The summed E-state index contributed by atoms with van der Waals surface area (Å²) in [7, 11) is 0. The number of rotatable bonds is 4. The summed E-state index contributed by atoms with van der Waals surface area (Å²) < 4.78 is 5.20. The molecule has 1 aliphatic carbocycles. The number of benzene rings is 2. The molecule has 0 spiro atoms. The van der Waals surface area contributed by atoms with Crippen molar-refractivity contribution in [1.29, 1.82) is 0 Å². The molecule has 5 rings (SSSR count). The fourth-order valence-electron chi connectivity index (χ4n) is 4.23. The summed E-state index contributed by atoms with van der Waals surface area (Å²) in [6.07, 6.45) is 2.32. The summed E-state index contributed by atoms with van der Waals surface area (Å²) in [6, 6.07) is 13.4. The van der Waals surface area contributed by atoms with Crippen LogP contribution in [-0.4, -0.2) is 39.6 Å². The topological polar surface area (TPSA) is 92.5 Å². The van der Waals surface area contributed by atoms with Crippen LogP contribution in [0.5, 0.6) is 0 Å². The molecule has 1 aromatic heterocycles. The van der Waals surface area contributed by atoms with Gasteiger partial charge in [0.05, 0.1) is 17.0 Å². The summed E-state index contributed by atoms with van der Waals surface area (Å²) in [5.74, 6) is -1.03. The molecule has 1 fully saturated rings. The van der Waals surface area contributed by atoms with Gasteiger partial charge in [0.15, 0.2) is 11.3 Å². The first-order chi connectivity index (χ1) is 14.5. The number of ketones is 2. The predicted octanol–water partition coefficient (Wildman–Crippen LogP) is 2.23. The molecule has 1 aliphatic heterocycles. The number of carbonyl (C=O) groups is 3. The average Bonchev–Trinajstić information content (AvgIpc) is 3.21. The molecule has 0 bridgehead atoms. The van der Waals surface area contributed by atoms with Crippen molar-refractivity contribution in [3.63, 3.8) is 0 Å². The van der Waals surface area contributed by atoms with Gasteiger partial charge in [-0.3, -0.25) is 4.79 Å². The van der Waals surface area contributed by atoms with E-state index in [1.54, 1.807) is 19.1 Å². The molecule has 2 heterocycles. The molecule has 2 aliphatic rings. The first-order valence-corrected chi connectivity index (χ1v) is 9.89. The molecule has 159 valence electrons. The second-order valence-electron chi connectivity index (χ2n) is 7.97. The van der Waals surface area contributed by atoms with E-state index in [1.807, 2.05) is 23.1 Å². The van der Waals surface area contributed by atoms with Crippen molar-refractivity contribution in [3.05, 3.63) is 71.3 Å². The maximum absolute atomic E-state index is 12.6. The minimum Gasteiger partial charge on any atom is -0.402 e. The van der Waals surface area contributed by atoms with E-state index in [0.717, 1.165) is 24.1 Å². The maximum Gasteiger partial charge on any atom is 0.274 e. The molecule has 2 aromatic carbocycles. The molecule has 7 nitrogen and oxygen atoms in total. The van der Waals surface area contributed by atoms with Crippen molar-refractivity contribution in [3.8, 4) is 0 Å². The molecule has 1 N–H and O–H groups in total. The summed E-state index contributed by atoms with van der Waals surface area (Å²) in [5.41, 5.74) is 3.35. The number of carbonyl (C=O) groups excluding carboxylic acids is 3. The van der Waals surface area contributed by atoms with Gasteiger partial charge in [-0.25, -0.2) is 0 Å². The Balaban J connectivity index is 0.00000231. The number of hydrogen-bond donors (Lipinski definition) is 1. The number of aromatic nitrogens is 1. The van der Waals surface area contributed by atoms with Crippen LogP contribution < -0.4 is 5.32 Å². The first-order valence-electron chi connectivity index (χ1n) is 9.89. The van der Waals surface area contributed by atoms with Crippen LogP contribution in [0.25, 0.3) is 11.0 Å². The zero-order valence-electron chi connectivity index (χ0n) is 16.9. The molecule has 1 atom stereocenters. The average molecular weight is 457 g/mol. The normalized spacial score (nSPS) is 20.4. The zero-order chi connectivity index (χ0) is 20.9. The summed E-state index contributed by atoms with van der Waals surface area (Å²) >= 11 is 0. The largest absolute Gasteiger partial charge is 0.402 e. The maximum atomic E-state index is 12.6. The molecule has 1 unspecified atom stereocenters. The number of nitrogens with zero attached hydrogens (tertiary/aromatic N) is 2. The molecule has 31 heavy (non-hydrogen) atoms. The quantitative estimate of drug-likeness (QED) is 0.367.